The summed E-state index contributed by atoms with van der Waals surface area (Å²) in [5, 5.41) is 13.2. The lowest BCUT2D eigenvalue weighted by molar-refractivity contribution is 0.396. The van der Waals surface area contributed by atoms with Crippen LogP contribution in [0.5, 0.6) is 5.75 Å². The first-order valence-electron chi connectivity index (χ1n) is 9.99. The predicted octanol–water partition coefficient (Wildman–Crippen LogP) is 3.30. The zero-order valence-corrected chi connectivity index (χ0v) is 19.3. The molecular formula is C21H34N6OS. The number of guanidine groups is 1. The molecule has 8 heteroatoms. The van der Waals surface area contributed by atoms with Crippen LogP contribution in [0.4, 0.5) is 0 Å². The third kappa shape index (κ3) is 6.66. The second kappa shape index (κ2) is 11.7. The van der Waals surface area contributed by atoms with Crippen molar-refractivity contribution < 1.29 is 4.74 Å². The Morgan fingerprint density at radius 1 is 1.31 bits per heavy atom. The van der Waals surface area contributed by atoms with E-state index >= 15 is 0 Å². The number of aliphatic imine (C=N–C) groups is 1. The van der Waals surface area contributed by atoms with Gasteiger partial charge in [-0.15, -0.1) is 10.2 Å². The van der Waals surface area contributed by atoms with E-state index in [0.717, 1.165) is 60.7 Å². The van der Waals surface area contributed by atoms with Crippen molar-refractivity contribution in [2.75, 3.05) is 34.0 Å². The molecule has 1 aromatic heterocycles. The highest BCUT2D eigenvalue weighted by atomic mass is 32.2. The van der Waals surface area contributed by atoms with E-state index in [1.807, 2.05) is 38.6 Å². The van der Waals surface area contributed by atoms with Crippen LogP contribution < -0.4 is 10.1 Å². The lowest BCUT2D eigenvalue weighted by atomic mass is 10.2. The molecular weight excluding hydrogens is 384 g/mol. The first-order valence-corrected chi connectivity index (χ1v) is 11.2. The van der Waals surface area contributed by atoms with Crippen molar-refractivity contribution in [2.45, 2.75) is 44.9 Å². The Balaban J connectivity index is 1.88. The molecule has 0 spiro atoms. The fourth-order valence-electron chi connectivity index (χ4n) is 3.20. The van der Waals surface area contributed by atoms with Gasteiger partial charge in [-0.1, -0.05) is 43.8 Å². The topological polar surface area (TPSA) is 67.6 Å². The number of aryl methyl sites for hydroxylation is 1. The summed E-state index contributed by atoms with van der Waals surface area (Å²) in [4.78, 5) is 6.51. The number of hydrogen-bond acceptors (Lipinski definition) is 5. The first-order chi connectivity index (χ1) is 14.0. The standard InChI is InChI=1S/C21H34N6OS/c1-16(2)14-27-19(24-25-21(27)29-6)12-9-13-23-20(22-3)26(4)15-17-10-7-8-11-18(17)28-5/h7-8,10-11,16H,9,12-15H2,1-6H3,(H,22,23). The molecule has 2 aromatic rings. The molecule has 2 rings (SSSR count). The Bertz CT molecular complexity index is 789. The lowest BCUT2D eigenvalue weighted by Gasteiger charge is -2.23. The van der Waals surface area contributed by atoms with Gasteiger partial charge in [-0.2, -0.15) is 0 Å². The molecule has 1 N–H and O–H groups in total. The van der Waals surface area contributed by atoms with E-state index in [4.69, 9.17) is 4.74 Å². The molecule has 0 fully saturated rings. The number of hydrogen-bond donors (Lipinski definition) is 1. The zero-order chi connectivity index (χ0) is 21.2. The molecule has 0 unspecified atom stereocenters. The van der Waals surface area contributed by atoms with Crippen LogP contribution >= 0.6 is 11.8 Å². The molecule has 0 amide bonds. The van der Waals surface area contributed by atoms with E-state index in [1.165, 1.54) is 0 Å². The van der Waals surface area contributed by atoms with Crippen LogP contribution in [0.3, 0.4) is 0 Å². The smallest absolute Gasteiger partial charge is 0.193 e. The van der Waals surface area contributed by atoms with Crippen molar-refractivity contribution in [3.05, 3.63) is 35.7 Å². The van der Waals surface area contributed by atoms with Crippen molar-refractivity contribution in [1.82, 2.24) is 25.0 Å². The van der Waals surface area contributed by atoms with Gasteiger partial charge in [0.15, 0.2) is 11.1 Å². The summed E-state index contributed by atoms with van der Waals surface area (Å²) in [6.45, 7) is 6.94. The highest BCUT2D eigenvalue weighted by molar-refractivity contribution is 7.98. The summed E-state index contributed by atoms with van der Waals surface area (Å²) in [6, 6.07) is 8.07. The normalized spacial score (nSPS) is 11.8. The monoisotopic (exact) mass is 418 g/mol. The van der Waals surface area contributed by atoms with Crippen LogP contribution in [-0.2, 0) is 19.5 Å². The third-order valence-corrected chi connectivity index (χ3v) is 5.22. The number of ether oxygens (including phenoxy) is 1. The minimum absolute atomic E-state index is 0.566. The van der Waals surface area contributed by atoms with E-state index in [0.29, 0.717) is 5.92 Å². The molecule has 0 saturated heterocycles. The van der Waals surface area contributed by atoms with E-state index in [2.05, 4.69) is 49.9 Å². The van der Waals surface area contributed by atoms with Crippen LogP contribution in [0.15, 0.2) is 34.4 Å². The largest absolute Gasteiger partial charge is 0.496 e. The van der Waals surface area contributed by atoms with Crippen molar-refractivity contribution >= 4 is 17.7 Å². The molecule has 7 nitrogen and oxygen atoms in total. The molecule has 0 aliphatic heterocycles. The molecule has 0 radical (unpaired) electrons. The first kappa shape index (κ1) is 23.1. The van der Waals surface area contributed by atoms with E-state index in [-0.39, 0.29) is 0 Å². The number of benzene rings is 1. The second-order valence-electron chi connectivity index (χ2n) is 7.35. The van der Waals surface area contributed by atoms with Gasteiger partial charge in [-0.05, 0) is 24.7 Å². The summed E-state index contributed by atoms with van der Waals surface area (Å²) in [6.07, 6.45) is 3.90. The number of rotatable bonds is 10. The Labute approximate surface area is 179 Å². The van der Waals surface area contributed by atoms with E-state index in [1.54, 1.807) is 18.9 Å². The fraction of sp³-hybridized carbons (Fsp3) is 0.571. The highest BCUT2D eigenvalue weighted by Crippen LogP contribution is 2.19. The summed E-state index contributed by atoms with van der Waals surface area (Å²) in [5.74, 6) is 3.38. The summed E-state index contributed by atoms with van der Waals surface area (Å²) < 4.78 is 7.70. The Morgan fingerprint density at radius 2 is 2.07 bits per heavy atom. The number of para-hydroxylation sites is 1. The molecule has 1 heterocycles. The second-order valence-corrected chi connectivity index (χ2v) is 8.13. The highest BCUT2D eigenvalue weighted by Gasteiger charge is 2.13. The van der Waals surface area contributed by atoms with Gasteiger partial charge < -0.3 is 19.5 Å². The Kier molecular flexibility index (Phi) is 9.31. The molecule has 160 valence electrons. The third-order valence-electron chi connectivity index (χ3n) is 4.56. The molecule has 1 aromatic carbocycles. The predicted molar refractivity (Wildman–Crippen MR) is 121 cm³/mol. The number of nitrogens with zero attached hydrogens (tertiary/aromatic N) is 5. The van der Waals surface area contributed by atoms with Gasteiger partial charge in [0, 0.05) is 45.7 Å². The van der Waals surface area contributed by atoms with Crippen molar-refractivity contribution in [3.8, 4) is 5.75 Å². The van der Waals surface area contributed by atoms with Gasteiger partial charge in [0.05, 0.1) is 7.11 Å². The maximum Gasteiger partial charge on any atom is 0.193 e. The van der Waals surface area contributed by atoms with Crippen LogP contribution in [0, 0.1) is 5.92 Å². The summed E-state index contributed by atoms with van der Waals surface area (Å²) in [5.41, 5.74) is 1.13. The van der Waals surface area contributed by atoms with Gasteiger partial charge in [0.25, 0.3) is 0 Å². The average molecular weight is 419 g/mol. The van der Waals surface area contributed by atoms with Gasteiger partial charge in [-0.3, -0.25) is 4.99 Å². The van der Waals surface area contributed by atoms with Crippen LogP contribution in [0.1, 0.15) is 31.7 Å². The van der Waals surface area contributed by atoms with E-state index < -0.39 is 0 Å². The van der Waals surface area contributed by atoms with Gasteiger partial charge >= 0.3 is 0 Å². The minimum atomic E-state index is 0.566. The molecule has 0 atom stereocenters. The van der Waals surface area contributed by atoms with Gasteiger partial charge in [0.2, 0.25) is 0 Å². The number of thioether (sulfide) groups is 1. The lowest BCUT2D eigenvalue weighted by Crippen LogP contribution is -2.39. The summed E-state index contributed by atoms with van der Waals surface area (Å²) in [7, 11) is 5.54. The fourth-order valence-corrected chi connectivity index (χ4v) is 3.72. The van der Waals surface area contributed by atoms with Crippen LogP contribution in [-0.4, -0.2) is 59.6 Å². The quantitative estimate of drug-likeness (QED) is 0.276. The maximum absolute atomic E-state index is 5.45. The molecule has 0 saturated carbocycles. The van der Waals surface area contributed by atoms with Crippen LogP contribution in [0.2, 0.25) is 0 Å². The number of methoxy groups -OCH3 is 1. The van der Waals surface area contributed by atoms with Gasteiger partial charge in [-0.25, -0.2) is 0 Å². The summed E-state index contributed by atoms with van der Waals surface area (Å²) >= 11 is 1.65. The van der Waals surface area contributed by atoms with E-state index in [9.17, 15) is 0 Å². The average Bonchev–Trinajstić information content (AvgIpc) is 3.09. The minimum Gasteiger partial charge on any atom is -0.496 e. The zero-order valence-electron chi connectivity index (χ0n) is 18.5. The maximum atomic E-state index is 5.45. The molecule has 0 aliphatic carbocycles. The van der Waals surface area contributed by atoms with Crippen molar-refractivity contribution in [3.63, 3.8) is 0 Å². The molecule has 29 heavy (non-hydrogen) atoms. The molecule has 0 aliphatic rings. The Morgan fingerprint density at radius 3 is 2.72 bits per heavy atom. The van der Waals surface area contributed by atoms with Crippen LogP contribution in [0.25, 0.3) is 0 Å². The Hall–Kier alpha value is -2.22. The van der Waals surface area contributed by atoms with Gasteiger partial charge in [0.1, 0.15) is 11.6 Å². The number of aromatic nitrogens is 3. The molecule has 0 bridgehead atoms. The SMILES string of the molecule is CN=C(NCCCc1nnc(SC)n1CC(C)C)N(C)Cc1ccccc1OC. The number of nitrogens with one attached hydrogen (secondary N) is 1. The van der Waals surface area contributed by atoms with Crippen molar-refractivity contribution in [1.29, 1.82) is 0 Å². The van der Waals surface area contributed by atoms with Crippen molar-refractivity contribution in [2.24, 2.45) is 10.9 Å².